The van der Waals surface area contributed by atoms with Crippen LogP contribution in [0.5, 0.6) is 0 Å². The molecule has 0 bridgehead atoms. The summed E-state index contributed by atoms with van der Waals surface area (Å²) in [5.74, 6) is 0. The second-order valence-electron chi connectivity index (χ2n) is 6.53. The summed E-state index contributed by atoms with van der Waals surface area (Å²) >= 11 is 11.7. The van der Waals surface area contributed by atoms with E-state index in [-0.39, 0.29) is 6.10 Å². The first-order chi connectivity index (χ1) is 11.7. The van der Waals surface area contributed by atoms with Gasteiger partial charge in [-0.15, -0.1) is 0 Å². The number of hydrogen-bond acceptors (Lipinski definition) is 3. The fourth-order valence-corrected chi connectivity index (χ4v) is 3.74. The molecule has 2 heterocycles. The normalized spacial score (nSPS) is 21.4. The third-order valence-electron chi connectivity index (χ3n) is 4.67. The zero-order chi connectivity index (χ0) is 16.8. The van der Waals surface area contributed by atoms with Crippen LogP contribution in [0, 0.1) is 0 Å². The number of rotatable bonds is 4. The first-order valence-corrected chi connectivity index (χ1v) is 9.72. The van der Waals surface area contributed by atoms with Crippen LogP contribution in [0.2, 0.25) is 5.02 Å². The summed E-state index contributed by atoms with van der Waals surface area (Å²) in [6.45, 7) is 3.80. The molecule has 0 amide bonds. The average molecular weight is 368 g/mol. The van der Waals surface area contributed by atoms with E-state index in [0.717, 1.165) is 49.8 Å². The van der Waals surface area contributed by atoms with Gasteiger partial charge in [-0.25, -0.2) is 0 Å². The highest BCUT2D eigenvalue weighted by molar-refractivity contribution is 7.80. The molecule has 2 aliphatic heterocycles. The van der Waals surface area contributed by atoms with Crippen LogP contribution in [-0.4, -0.2) is 37.5 Å². The predicted molar refractivity (Wildman–Crippen MR) is 105 cm³/mol. The average Bonchev–Trinajstić information content (AvgIpc) is 2.95. The molecule has 1 aromatic carbocycles. The van der Waals surface area contributed by atoms with E-state index in [1.54, 1.807) is 0 Å². The number of thiocarbonyl (C=S) groups is 1. The van der Waals surface area contributed by atoms with Crippen LogP contribution >= 0.6 is 23.8 Å². The van der Waals surface area contributed by atoms with E-state index in [2.05, 4.69) is 21.6 Å². The molecule has 1 atom stereocenters. The lowest BCUT2D eigenvalue weighted by Crippen LogP contribution is -2.35. The highest BCUT2D eigenvalue weighted by Crippen LogP contribution is 2.31. The van der Waals surface area contributed by atoms with Crippen molar-refractivity contribution in [2.24, 2.45) is 0 Å². The number of benzene rings is 1. The molecule has 2 N–H and O–H groups in total. The van der Waals surface area contributed by atoms with Gasteiger partial charge in [0.2, 0.25) is 0 Å². The van der Waals surface area contributed by atoms with Gasteiger partial charge in [-0.2, -0.15) is 0 Å². The van der Waals surface area contributed by atoms with Gasteiger partial charge >= 0.3 is 0 Å². The molecule has 4 nitrogen and oxygen atoms in total. The lowest BCUT2D eigenvalue weighted by atomic mass is 10.2. The van der Waals surface area contributed by atoms with E-state index in [4.69, 9.17) is 28.6 Å². The van der Waals surface area contributed by atoms with Crippen molar-refractivity contribution >= 4 is 40.3 Å². The minimum absolute atomic E-state index is 0.272. The molecule has 1 aromatic rings. The van der Waals surface area contributed by atoms with Gasteiger partial charge in [0, 0.05) is 31.3 Å². The molecule has 2 fully saturated rings. The molecule has 0 unspecified atom stereocenters. The first kappa shape index (κ1) is 17.8. The summed E-state index contributed by atoms with van der Waals surface area (Å²) in [5.41, 5.74) is 2.16. The summed E-state index contributed by atoms with van der Waals surface area (Å²) in [4.78, 5) is 2.44. The van der Waals surface area contributed by atoms with Crippen LogP contribution in [0.15, 0.2) is 18.2 Å². The van der Waals surface area contributed by atoms with Crippen molar-refractivity contribution in [3.63, 3.8) is 0 Å². The summed E-state index contributed by atoms with van der Waals surface area (Å²) in [6, 6.07) is 6.01. The second-order valence-corrected chi connectivity index (χ2v) is 7.38. The van der Waals surface area contributed by atoms with Gasteiger partial charge in [0.05, 0.1) is 17.5 Å². The fourth-order valence-electron chi connectivity index (χ4n) is 3.37. The van der Waals surface area contributed by atoms with Crippen LogP contribution < -0.4 is 15.5 Å². The molecule has 0 radical (unpaired) electrons. The maximum atomic E-state index is 6.21. The maximum Gasteiger partial charge on any atom is 0.170 e. The van der Waals surface area contributed by atoms with Crippen molar-refractivity contribution in [2.75, 3.05) is 36.5 Å². The summed E-state index contributed by atoms with van der Waals surface area (Å²) < 4.78 is 5.63. The highest BCUT2D eigenvalue weighted by atomic mass is 35.5. The largest absolute Gasteiger partial charge is 0.376 e. The Kier molecular flexibility index (Phi) is 6.58. The Hall–Kier alpha value is -1.04. The third kappa shape index (κ3) is 4.98. The number of ether oxygens (including phenoxy) is 1. The number of halogens is 1. The standard InChI is InChI=1S/C18H26ClN3OS/c19-14-7-8-17(22-9-3-1-2-4-10-22)16(12-14)21-18(24)20-13-15-6-5-11-23-15/h7-8,12,15H,1-6,9-11,13H2,(H2,20,21,24)/t15-/m1/s1. The highest BCUT2D eigenvalue weighted by Gasteiger charge is 2.17. The number of hydrogen-bond donors (Lipinski definition) is 2. The topological polar surface area (TPSA) is 36.5 Å². The zero-order valence-corrected chi connectivity index (χ0v) is 15.6. The van der Waals surface area contributed by atoms with Gasteiger partial charge in [-0.1, -0.05) is 24.4 Å². The van der Waals surface area contributed by atoms with E-state index in [1.165, 1.54) is 31.4 Å². The van der Waals surface area contributed by atoms with E-state index in [1.807, 2.05) is 12.1 Å². The minimum atomic E-state index is 0.272. The molecular weight excluding hydrogens is 342 g/mol. The Labute approximate surface area is 154 Å². The van der Waals surface area contributed by atoms with E-state index in [9.17, 15) is 0 Å². The quantitative estimate of drug-likeness (QED) is 0.780. The fraction of sp³-hybridized carbons (Fsp3) is 0.611. The molecular formula is C18H26ClN3OS. The molecule has 2 aliphatic rings. The van der Waals surface area contributed by atoms with Crippen LogP contribution in [0.1, 0.15) is 38.5 Å². The first-order valence-electron chi connectivity index (χ1n) is 8.93. The molecule has 132 valence electrons. The monoisotopic (exact) mass is 367 g/mol. The number of nitrogens with zero attached hydrogens (tertiary/aromatic N) is 1. The van der Waals surface area contributed by atoms with Crippen LogP contribution in [0.25, 0.3) is 0 Å². The molecule has 0 aliphatic carbocycles. The Bertz CT molecular complexity index is 555. The third-order valence-corrected chi connectivity index (χ3v) is 5.15. The van der Waals surface area contributed by atoms with Gasteiger partial charge in [-0.05, 0) is 56.1 Å². The predicted octanol–water partition coefficient (Wildman–Crippen LogP) is 4.19. The molecule has 24 heavy (non-hydrogen) atoms. The van der Waals surface area contributed by atoms with Crippen molar-refractivity contribution in [1.82, 2.24) is 5.32 Å². The van der Waals surface area contributed by atoms with Crippen molar-refractivity contribution in [3.8, 4) is 0 Å². The Balaban J connectivity index is 1.64. The Morgan fingerprint density at radius 2 is 2.00 bits per heavy atom. The summed E-state index contributed by atoms with van der Waals surface area (Å²) in [6.07, 6.45) is 7.62. The molecule has 0 aromatic heterocycles. The van der Waals surface area contributed by atoms with Gasteiger partial charge in [-0.3, -0.25) is 0 Å². The molecule has 6 heteroatoms. The van der Waals surface area contributed by atoms with Crippen LogP contribution in [-0.2, 0) is 4.74 Å². The van der Waals surface area contributed by atoms with Crippen molar-refractivity contribution in [3.05, 3.63) is 23.2 Å². The Morgan fingerprint density at radius 1 is 1.21 bits per heavy atom. The second kappa shape index (κ2) is 8.88. The van der Waals surface area contributed by atoms with E-state index in [0.29, 0.717) is 5.11 Å². The van der Waals surface area contributed by atoms with Crippen molar-refractivity contribution in [2.45, 2.75) is 44.6 Å². The minimum Gasteiger partial charge on any atom is -0.376 e. The maximum absolute atomic E-state index is 6.21. The summed E-state index contributed by atoms with van der Waals surface area (Å²) in [7, 11) is 0. The van der Waals surface area contributed by atoms with Crippen LogP contribution in [0.4, 0.5) is 11.4 Å². The van der Waals surface area contributed by atoms with Gasteiger partial charge < -0.3 is 20.3 Å². The zero-order valence-electron chi connectivity index (χ0n) is 14.0. The van der Waals surface area contributed by atoms with Crippen LogP contribution in [0.3, 0.4) is 0 Å². The van der Waals surface area contributed by atoms with Gasteiger partial charge in [0.1, 0.15) is 0 Å². The van der Waals surface area contributed by atoms with Gasteiger partial charge in [0.25, 0.3) is 0 Å². The summed E-state index contributed by atoms with van der Waals surface area (Å²) in [5, 5.41) is 7.95. The van der Waals surface area contributed by atoms with E-state index < -0.39 is 0 Å². The number of anilines is 2. The SMILES string of the molecule is S=C(NC[C@H]1CCCO1)Nc1cc(Cl)ccc1N1CCCCCC1. The van der Waals surface area contributed by atoms with E-state index >= 15 is 0 Å². The lowest BCUT2D eigenvalue weighted by Gasteiger charge is -2.26. The van der Waals surface area contributed by atoms with Gasteiger partial charge in [0.15, 0.2) is 5.11 Å². The van der Waals surface area contributed by atoms with Crippen molar-refractivity contribution in [1.29, 1.82) is 0 Å². The number of nitrogens with one attached hydrogen (secondary N) is 2. The molecule has 0 spiro atoms. The lowest BCUT2D eigenvalue weighted by molar-refractivity contribution is 0.114. The molecule has 2 saturated heterocycles. The molecule has 3 rings (SSSR count). The molecule has 0 saturated carbocycles. The Morgan fingerprint density at radius 3 is 2.71 bits per heavy atom. The smallest absolute Gasteiger partial charge is 0.170 e. The van der Waals surface area contributed by atoms with Crippen molar-refractivity contribution < 1.29 is 4.74 Å².